The average Bonchev–Trinajstić information content (AvgIpc) is 2.99. The molecule has 0 aliphatic carbocycles. The first-order valence-corrected chi connectivity index (χ1v) is 8.58. The molecule has 0 saturated heterocycles. The minimum atomic E-state index is 0.405. The molecule has 1 aliphatic rings. The molecule has 0 fully saturated rings. The molecule has 2 aromatic rings. The Morgan fingerprint density at radius 2 is 1.70 bits per heavy atom. The maximum Gasteiger partial charge on any atom is 0.104 e. The molecule has 3 rings (SSSR count). The van der Waals surface area contributed by atoms with Crippen LogP contribution in [0.4, 0.5) is 5.69 Å². The Balaban J connectivity index is 1.77. The minimum absolute atomic E-state index is 0.405. The van der Waals surface area contributed by atoms with Crippen LogP contribution >= 0.6 is 0 Å². The van der Waals surface area contributed by atoms with Crippen LogP contribution in [0.15, 0.2) is 59.6 Å². The fourth-order valence-corrected chi connectivity index (χ4v) is 3.03. The van der Waals surface area contributed by atoms with Crippen LogP contribution in [0.1, 0.15) is 31.4 Å². The van der Waals surface area contributed by atoms with Crippen LogP contribution < -0.4 is 4.90 Å². The molecule has 0 bridgehead atoms. The second kappa shape index (κ2) is 6.99. The quantitative estimate of drug-likeness (QED) is 0.769. The van der Waals surface area contributed by atoms with E-state index in [4.69, 9.17) is 4.99 Å². The van der Waals surface area contributed by atoms with Crippen LogP contribution in [0, 0.1) is 12.8 Å². The van der Waals surface area contributed by atoms with Crippen molar-refractivity contribution in [2.75, 3.05) is 11.4 Å². The van der Waals surface area contributed by atoms with Gasteiger partial charge in [0.1, 0.15) is 5.84 Å². The fraction of sp³-hybridized carbons (Fsp3) is 0.381. The summed E-state index contributed by atoms with van der Waals surface area (Å²) in [7, 11) is 0. The lowest BCUT2D eigenvalue weighted by Gasteiger charge is -2.22. The monoisotopic (exact) mass is 306 g/mol. The van der Waals surface area contributed by atoms with Crippen molar-refractivity contribution < 1.29 is 0 Å². The molecule has 1 aliphatic heterocycles. The lowest BCUT2D eigenvalue weighted by Crippen LogP contribution is -2.30. The molecule has 2 nitrogen and oxygen atoms in total. The van der Waals surface area contributed by atoms with Gasteiger partial charge in [0.2, 0.25) is 0 Å². The molecule has 2 aromatic carbocycles. The molecular weight excluding hydrogens is 280 g/mol. The van der Waals surface area contributed by atoms with Crippen molar-refractivity contribution >= 4 is 11.5 Å². The normalized spacial score (nSPS) is 17.7. The number of aliphatic imine (C=N–C) groups is 1. The summed E-state index contributed by atoms with van der Waals surface area (Å²) >= 11 is 0. The lowest BCUT2D eigenvalue weighted by molar-refractivity contribution is 0.521. The zero-order chi connectivity index (χ0) is 16.2. The van der Waals surface area contributed by atoms with E-state index in [1.165, 1.54) is 22.6 Å². The van der Waals surface area contributed by atoms with E-state index < -0.39 is 0 Å². The molecule has 0 unspecified atom stereocenters. The Labute approximate surface area is 139 Å². The summed E-state index contributed by atoms with van der Waals surface area (Å²) in [6.45, 7) is 7.67. The van der Waals surface area contributed by atoms with E-state index in [1.807, 2.05) is 0 Å². The molecule has 0 saturated carbocycles. The van der Waals surface area contributed by atoms with Gasteiger partial charge in [-0.3, -0.25) is 4.99 Å². The van der Waals surface area contributed by atoms with Crippen molar-refractivity contribution in [2.45, 2.75) is 39.7 Å². The summed E-state index contributed by atoms with van der Waals surface area (Å²) in [6, 6.07) is 19.9. The number of benzene rings is 2. The Morgan fingerprint density at radius 1 is 1.00 bits per heavy atom. The van der Waals surface area contributed by atoms with Crippen LogP contribution in [-0.2, 0) is 6.42 Å². The van der Waals surface area contributed by atoms with Gasteiger partial charge in [-0.25, -0.2) is 0 Å². The number of amidine groups is 1. The van der Waals surface area contributed by atoms with Crippen molar-refractivity contribution in [2.24, 2.45) is 10.9 Å². The molecule has 0 amide bonds. The second-order valence-electron chi connectivity index (χ2n) is 6.79. The van der Waals surface area contributed by atoms with Gasteiger partial charge < -0.3 is 4.90 Å². The van der Waals surface area contributed by atoms with Gasteiger partial charge in [0, 0.05) is 18.7 Å². The van der Waals surface area contributed by atoms with E-state index in [-0.39, 0.29) is 0 Å². The Morgan fingerprint density at radius 3 is 2.35 bits per heavy atom. The zero-order valence-electron chi connectivity index (χ0n) is 14.4. The van der Waals surface area contributed by atoms with Crippen molar-refractivity contribution in [3.05, 3.63) is 65.7 Å². The molecule has 0 radical (unpaired) electrons. The van der Waals surface area contributed by atoms with Gasteiger partial charge in [-0.2, -0.15) is 0 Å². The van der Waals surface area contributed by atoms with Crippen LogP contribution in [-0.4, -0.2) is 18.4 Å². The second-order valence-corrected chi connectivity index (χ2v) is 6.79. The zero-order valence-corrected chi connectivity index (χ0v) is 14.4. The number of rotatable bonds is 5. The highest BCUT2D eigenvalue weighted by Crippen LogP contribution is 2.25. The third-order valence-electron chi connectivity index (χ3n) is 4.59. The first kappa shape index (κ1) is 15.8. The molecule has 0 N–H and O–H groups in total. The molecular formula is C21H26N2. The minimum Gasteiger partial charge on any atom is -0.328 e. The van der Waals surface area contributed by atoms with Crippen LogP contribution in [0.3, 0.4) is 0 Å². The molecule has 1 heterocycles. The maximum absolute atomic E-state index is 5.03. The predicted octanol–water partition coefficient (Wildman–Crippen LogP) is 4.87. The molecule has 2 heteroatoms. The fourth-order valence-electron chi connectivity index (χ4n) is 3.03. The summed E-state index contributed by atoms with van der Waals surface area (Å²) in [4.78, 5) is 7.44. The highest BCUT2D eigenvalue weighted by atomic mass is 15.3. The molecule has 120 valence electrons. The topological polar surface area (TPSA) is 15.6 Å². The van der Waals surface area contributed by atoms with Gasteiger partial charge in [0.15, 0.2) is 0 Å². The Hall–Kier alpha value is -2.09. The van der Waals surface area contributed by atoms with Gasteiger partial charge in [-0.05, 0) is 37.0 Å². The largest absolute Gasteiger partial charge is 0.328 e. The van der Waals surface area contributed by atoms with E-state index in [2.05, 4.69) is 80.3 Å². The smallest absolute Gasteiger partial charge is 0.104 e. The Bertz CT molecular complexity index is 656. The Kier molecular flexibility index (Phi) is 4.80. The van der Waals surface area contributed by atoms with Gasteiger partial charge >= 0.3 is 0 Å². The van der Waals surface area contributed by atoms with E-state index >= 15 is 0 Å². The highest BCUT2D eigenvalue weighted by Gasteiger charge is 2.27. The van der Waals surface area contributed by atoms with E-state index in [1.54, 1.807) is 0 Å². The van der Waals surface area contributed by atoms with Crippen LogP contribution in [0.5, 0.6) is 0 Å². The highest BCUT2D eigenvalue weighted by molar-refractivity contribution is 5.99. The molecule has 1 atom stereocenters. The van der Waals surface area contributed by atoms with E-state index in [0.717, 1.165) is 19.4 Å². The standard InChI is InChI=1S/C21H26N2/c1-16(2)20-15-23(19-12-9-17(3)10-13-19)21(22-20)14-11-18-7-5-4-6-8-18/h4-10,12-13,16,20H,11,14-15H2,1-3H3/t20-/m1/s1. The number of hydrogen-bond acceptors (Lipinski definition) is 2. The first-order valence-electron chi connectivity index (χ1n) is 8.58. The number of aryl methyl sites for hydroxylation is 2. The van der Waals surface area contributed by atoms with Gasteiger partial charge in [-0.1, -0.05) is 61.9 Å². The third-order valence-corrected chi connectivity index (χ3v) is 4.59. The maximum atomic E-state index is 5.03. The molecule has 0 spiro atoms. The van der Waals surface area contributed by atoms with Crippen molar-refractivity contribution in [3.8, 4) is 0 Å². The predicted molar refractivity (Wildman–Crippen MR) is 99.3 cm³/mol. The summed E-state index contributed by atoms with van der Waals surface area (Å²) in [6.07, 6.45) is 2.05. The van der Waals surface area contributed by atoms with Crippen LogP contribution in [0.2, 0.25) is 0 Å². The van der Waals surface area contributed by atoms with Crippen molar-refractivity contribution in [3.63, 3.8) is 0 Å². The van der Waals surface area contributed by atoms with Gasteiger partial charge in [-0.15, -0.1) is 0 Å². The third kappa shape index (κ3) is 3.82. The number of anilines is 1. The van der Waals surface area contributed by atoms with E-state index in [9.17, 15) is 0 Å². The van der Waals surface area contributed by atoms with Crippen molar-refractivity contribution in [1.82, 2.24) is 0 Å². The van der Waals surface area contributed by atoms with Crippen LogP contribution in [0.25, 0.3) is 0 Å². The number of nitrogens with zero attached hydrogens (tertiary/aromatic N) is 2. The molecule has 0 aromatic heterocycles. The first-order chi connectivity index (χ1) is 11.1. The van der Waals surface area contributed by atoms with E-state index in [0.29, 0.717) is 12.0 Å². The molecule has 23 heavy (non-hydrogen) atoms. The van der Waals surface area contributed by atoms with Gasteiger partial charge in [0.05, 0.1) is 6.04 Å². The average molecular weight is 306 g/mol. The summed E-state index contributed by atoms with van der Waals surface area (Å²) in [5.41, 5.74) is 3.95. The summed E-state index contributed by atoms with van der Waals surface area (Å²) < 4.78 is 0. The number of hydrogen-bond donors (Lipinski definition) is 0. The summed E-state index contributed by atoms with van der Waals surface area (Å²) in [5, 5.41) is 0. The van der Waals surface area contributed by atoms with Gasteiger partial charge in [0.25, 0.3) is 0 Å². The SMILES string of the molecule is Cc1ccc(N2C[C@H](C(C)C)N=C2CCc2ccccc2)cc1. The summed E-state index contributed by atoms with van der Waals surface area (Å²) in [5.74, 6) is 1.81. The lowest BCUT2D eigenvalue weighted by atomic mass is 10.1. The van der Waals surface area contributed by atoms with Crippen molar-refractivity contribution in [1.29, 1.82) is 0 Å².